The van der Waals surface area contributed by atoms with Gasteiger partial charge in [-0.2, -0.15) is 0 Å². The maximum atomic E-state index is 12.3. The first-order valence-corrected chi connectivity index (χ1v) is 7.30. The molecule has 0 bridgehead atoms. The Balaban J connectivity index is 0.00000200. The summed E-state index contributed by atoms with van der Waals surface area (Å²) in [5.41, 5.74) is 0. The molecule has 2 rings (SSSR count). The summed E-state index contributed by atoms with van der Waals surface area (Å²) in [7, 11) is 0. The summed E-state index contributed by atoms with van der Waals surface area (Å²) in [5, 5.41) is 3.32. The molecule has 6 heteroatoms. The van der Waals surface area contributed by atoms with Gasteiger partial charge in [-0.1, -0.05) is 15.9 Å². The van der Waals surface area contributed by atoms with E-state index in [1.807, 2.05) is 29.2 Å². The normalized spacial score (nSPS) is 19.9. The standard InChI is InChI=1S/C14H19BrN2O2.ClH/c1-10-9-17(8-7-16-10)14(18)11(2)19-13-5-3-12(15)4-6-13;/h3-6,10-11,16H,7-9H2,1-2H3;1H. The summed E-state index contributed by atoms with van der Waals surface area (Å²) in [6.45, 7) is 6.22. The zero-order valence-corrected chi connectivity index (χ0v) is 14.0. The second-order valence-electron chi connectivity index (χ2n) is 4.85. The number of nitrogens with one attached hydrogen (secondary N) is 1. The molecule has 112 valence electrons. The van der Waals surface area contributed by atoms with Gasteiger partial charge in [-0.15, -0.1) is 12.4 Å². The van der Waals surface area contributed by atoms with Crippen LogP contribution in [0.1, 0.15) is 13.8 Å². The van der Waals surface area contributed by atoms with Gasteiger partial charge in [0.15, 0.2) is 6.10 Å². The molecule has 1 amide bonds. The van der Waals surface area contributed by atoms with Gasteiger partial charge in [0.1, 0.15) is 5.75 Å². The van der Waals surface area contributed by atoms with Crippen LogP contribution < -0.4 is 10.1 Å². The molecule has 1 N–H and O–H groups in total. The Bertz CT molecular complexity index is 441. The zero-order valence-electron chi connectivity index (χ0n) is 11.6. The van der Waals surface area contributed by atoms with Crippen molar-refractivity contribution in [2.45, 2.75) is 26.0 Å². The van der Waals surface area contributed by atoms with E-state index in [1.54, 1.807) is 6.92 Å². The first kappa shape index (κ1) is 17.3. The number of hydrogen-bond acceptors (Lipinski definition) is 3. The van der Waals surface area contributed by atoms with Crippen LogP contribution in [-0.4, -0.2) is 42.6 Å². The van der Waals surface area contributed by atoms with Gasteiger partial charge < -0.3 is 15.0 Å². The number of ether oxygens (including phenoxy) is 1. The topological polar surface area (TPSA) is 41.6 Å². The van der Waals surface area contributed by atoms with Crippen molar-refractivity contribution in [2.75, 3.05) is 19.6 Å². The van der Waals surface area contributed by atoms with Crippen molar-refractivity contribution >= 4 is 34.2 Å². The number of hydrogen-bond donors (Lipinski definition) is 1. The van der Waals surface area contributed by atoms with E-state index in [4.69, 9.17) is 4.74 Å². The lowest BCUT2D eigenvalue weighted by Gasteiger charge is -2.33. The highest BCUT2D eigenvalue weighted by atomic mass is 79.9. The number of rotatable bonds is 3. The molecule has 2 unspecified atom stereocenters. The van der Waals surface area contributed by atoms with Crippen molar-refractivity contribution in [2.24, 2.45) is 0 Å². The van der Waals surface area contributed by atoms with E-state index in [1.165, 1.54) is 0 Å². The number of benzene rings is 1. The fraction of sp³-hybridized carbons (Fsp3) is 0.500. The molecule has 4 nitrogen and oxygen atoms in total. The fourth-order valence-corrected chi connectivity index (χ4v) is 2.42. The average molecular weight is 364 g/mol. The minimum Gasteiger partial charge on any atom is -0.481 e. The predicted octanol–water partition coefficient (Wildman–Crippen LogP) is 2.46. The van der Waals surface area contributed by atoms with Gasteiger partial charge in [0.2, 0.25) is 0 Å². The van der Waals surface area contributed by atoms with E-state index in [0.29, 0.717) is 11.8 Å². The van der Waals surface area contributed by atoms with Crippen LogP contribution >= 0.6 is 28.3 Å². The van der Waals surface area contributed by atoms with Gasteiger partial charge in [0.05, 0.1) is 0 Å². The van der Waals surface area contributed by atoms with Gasteiger partial charge in [0.25, 0.3) is 5.91 Å². The Hall–Kier alpha value is -0.780. The summed E-state index contributed by atoms with van der Waals surface area (Å²) in [5.74, 6) is 0.767. The Morgan fingerprint density at radius 2 is 2.10 bits per heavy atom. The van der Waals surface area contributed by atoms with Crippen LogP contribution in [0.3, 0.4) is 0 Å². The van der Waals surface area contributed by atoms with E-state index in [0.717, 1.165) is 24.1 Å². The van der Waals surface area contributed by atoms with E-state index < -0.39 is 6.10 Å². The molecular weight excluding hydrogens is 344 g/mol. The molecule has 1 heterocycles. The van der Waals surface area contributed by atoms with Crippen LogP contribution in [0.4, 0.5) is 0 Å². The Morgan fingerprint density at radius 1 is 1.45 bits per heavy atom. The monoisotopic (exact) mass is 362 g/mol. The van der Waals surface area contributed by atoms with Crippen molar-refractivity contribution in [3.8, 4) is 5.75 Å². The Labute approximate surface area is 134 Å². The maximum Gasteiger partial charge on any atom is 0.263 e. The minimum absolute atomic E-state index is 0. The van der Waals surface area contributed by atoms with Crippen molar-refractivity contribution < 1.29 is 9.53 Å². The van der Waals surface area contributed by atoms with Crippen LogP contribution in [-0.2, 0) is 4.79 Å². The van der Waals surface area contributed by atoms with Crippen molar-refractivity contribution in [1.82, 2.24) is 10.2 Å². The second kappa shape index (κ2) is 7.86. The molecule has 1 fully saturated rings. The number of carbonyl (C=O) groups is 1. The number of halogens is 2. The molecule has 1 aliphatic heterocycles. The number of piperazine rings is 1. The third kappa shape index (κ3) is 4.65. The van der Waals surface area contributed by atoms with Gasteiger partial charge in [-0.3, -0.25) is 4.79 Å². The van der Waals surface area contributed by atoms with Gasteiger partial charge >= 0.3 is 0 Å². The molecule has 0 aromatic heterocycles. The van der Waals surface area contributed by atoms with Crippen LogP contribution in [0.5, 0.6) is 5.75 Å². The van der Waals surface area contributed by atoms with E-state index >= 15 is 0 Å². The van der Waals surface area contributed by atoms with Crippen molar-refractivity contribution in [1.29, 1.82) is 0 Å². The zero-order chi connectivity index (χ0) is 13.8. The maximum absolute atomic E-state index is 12.3. The first-order chi connectivity index (χ1) is 9.06. The summed E-state index contributed by atoms with van der Waals surface area (Å²) < 4.78 is 6.68. The molecule has 2 atom stereocenters. The van der Waals surface area contributed by atoms with E-state index in [2.05, 4.69) is 28.2 Å². The molecule has 1 aromatic rings. The molecule has 0 radical (unpaired) electrons. The Kier molecular flexibility index (Phi) is 6.79. The molecule has 0 saturated carbocycles. The lowest BCUT2D eigenvalue weighted by atomic mass is 10.2. The van der Waals surface area contributed by atoms with Gasteiger partial charge in [0, 0.05) is 30.1 Å². The summed E-state index contributed by atoms with van der Waals surface area (Å²) in [4.78, 5) is 14.1. The SMILES string of the molecule is CC1CN(C(=O)C(C)Oc2ccc(Br)cc2)CCN1.Cl. The highest BCUT2D eigenvalue weighted by Crippen LogP contribution is 2.18. The largest absolute Gasteiger partial charge is 0.481 e. The predicted molar refractivity (Wildman–Crippen MR) is 85.5 cm³/mol. The number of amides is 1. The highest BCUT2D eigenvalue weighted by molar-refractivity contribution is 9.10. The molecule has 1 aliphatic rings. The quantitative estimate of drug-likeness (QED) is 0.897. The lowest BCUT2D eigenvalue weighted by Crippen LogP contribution is -2.54. The summed E-state index contributed by atoms with van der Waals surface area (Å²) >= 11 is 3.37. The molecule has 1 aromatic carbocycles. The van der Waals surface area contributed by atoms with Crippen molar-refractivity contribution in [3.05, 3.63) is 28.7 Å². The molecule has 0 aliphatic carbocycles. The van der Waals surface area contributed by atoms with Crippen LogP contribution in [0.25, 0.3) is 0 Å². The summed E-state index contributed by atoms with van der Waals surface area (Å²) in [6, 6.07) is 7.86. The second-order valence-corrected chi connectivity index (χ2v) is 5.77. The Morgan fingerprint density at radius 3 is 2.70 bits per heavy atom. The van der Waals surface area contributed by atoms with Crippen LogP contribution in [0, 0.1) is 0 Å². The molecule has 0 spiro atoms. The van der Waals surface area contributed by atoms with Crippen molar-refractivity contribution in [3.63, 3.8) is 0 Å². The molecule has 20 heavy (non-hydrogen) atoms. The smallest absolute Gasteiger partial charge is 0.263 e. The first-order valence-electron chi connectivity index (χ1n) is 6.50. The third-order valence-electron chi connectivity index (χ3n) is 3.15. The van der Waals surface area contributed by atoms with E-state index in [9.17, 15) is 4.79 Å². The van der Waals surface area contributed by atoms with Gasteiger partial charge in [-0.05, 0) is 38.1 Å². The lowest BCUT2D eigenvalue weighted by molar-refractivity contribution is -0.139. The van der Waals surface area contributed by atoms with E-state index in [-0.39, 0.29) is 18.3 Å². The fourth-order valence-electron chi connectivity index (χ4n) is 2.16. The third-order valence-corrected chi connectivity index (χ3v) is 3.68. The number of nitrogens with zero attached hydrogens (tertiary/aromatic N) is 1. The summed E-state index contributed by atoms with van der Waals surface area (Å²) in [6.07, 6.45) is -0.452. The average Bonchev–Trinajstić information content (AvgIpc) is 2.40. The van der Waals surface area contributed by atoms with Crippen LogP contribution in [0.2, 0.25) is 0 Å². The minimum atomic E-state index is -0.452. The van der Waals surface area contributed by atoms with Gasteiger partial charge in [-0.25, -0.2) is 0 Å². The van der Waals surface area contributed by atoms with Crippen LogP contribution in [0.15, 0.2) is 28.7 Å². The molecule has 1 saturated heterocycles. The highest BCUT2D eigenvalue weighted by Gasteiger charge is 2.25. The number of carbonyl (C=O) groups excluding carboxylic acids is 1. The molecular formula is C14H20BrClN2O2.